The smallest absolute Gasteiger partial charge is 0.419 e. The van der Waals surface area contributed by atoms with Crippen LogP contribution >= 0.6 is 0 Å². The number of pyridine rings is 1. The second kappa shape index (κ2) is 8.62. The zero-order chi connectivity index (χ0) is 22.0. The van der Waals surface area contributed by atoms with Crippen molar-refractivity contribution in [3.63, 3.8) is 0 Å². The Morgan fingerprint density at radius 2 is 1.90 bits per heavy atom. The van der Waals surface area contributed by atoms with Crippen LogP contribution in [-0.4, -0.2) is 54.6 Å². The molecule has 10 heteroatoms. The molecule has 7 nitrogen and oxygen atoms in total. The largest absolute Gasteiger partial charge is 0.490 e. The topological polar surface area (TPSA) is 75.1 Å². The number of carbonyl (C=O) groups is 1. The van der Waals surface area contributed by atoms with Gasteiger partial charge in [0.2, 0.25) is 0 Å². The van der Waals surface area contributed by atoms with Crippen LogP contribution in [0.2, 0.25) is 0 Å². The lowest BCUT2D eigenvalue weighted by atomic mass is 10.1. The number of halogens is 3. The summed E-state index contributed by atoms with van der Waals surface area (Å²) in [5.41, 5.74) is -0.190. The summed E-state index contributed by atoms with van der Waals surface area (Å²) < 4.78 is 50.2. The molecule has 0 unspecified atom stereocenters. The van der Waals surface area contributed by atoms with Gasteiger partial charge in [0, 0.05) is 25.9 Å². The molecule has 1 aromatic heterocycles. The Labute approximate surface area is 177 Å². The van der Waals surface area contributed by atoms with E-state index in [1.54, 1.807) is 18.3 Å². The van der Waals surface area contributed by atoms with Crippen molar-refractivity contribution >= 4 is 17.6 Å². The first-order valence-electron chi connectivity index (χ1n) is 9.98. The van der Waals surface area contributed by atoms with Crippen LogP contribution in [0.25, 0.3) is 0 Å². The number of nitrogens with zero attached hydrogens (tertiary/aromatic N) is 3. The number of rotatable bonds is 5. The highest BCUT2D eigenvalue weighted by molar-refractivity contribution is 5.89. The quantitative estimate of drug-likeness (QED) is 0.772. The van der Waals surface area contributed by atoms with Crippen molar-refractivity contribution in [3.05, 3.63) is 48.2 Å². The molecule has 3 heterocycles. The molecule has 0 radical (unpaired) electrons. The first-order valence-corrected chi connectivity index (χ1v) is 9.98. The van der Waals surface area contributed by atoms with E-state index >= 15 is 0 Å². The Kier molecular flexibility index (Phi) is 5.90. The number of carbonyl (C=O) groups excluding carboxylic acids is 1. The van der Waals surface area contributed by atoms with Gasteiger partial charge in [-0.2, -0.15) is 13.2 Å². The van der Waals surface area contributed by atoms with E-state index in [2.05, 4.69) is 4.98 Å². The molecule has 1 aromatic carbocycles. The number of hydrogen-bond donors (Lipinski definition) is 1. The van der Waals surface area contributed by atoms with Gasteiger partial charge in [-0.3, -0.25) is 4.90 Å². The molecule has 31 heavy (non-hydrogen) atoms. The number of aromatic nitrogens is 1. The van der Waals surface area contributed by atoms with Crippen LogP contribution in [0, 0.1) is 0 Å². The maximum Gasteiger partial charge on any atom is 0.419 e. The van der Waals surface area contributed by atoms with Gasteiger partial charge >= 0.3 is 12.3 Å². The van der Waals surface area contributed by atoms with E-state index in [9.17, 15) is 18.0 Å². The van der Waals surface area contributed by atoms with Gasteiger partial charge in [-0.15, -0.1) is 0 Å². The molecule has 0 saturated carbocycles. The molecule has 166 valence electrons. The second-order valence-corrected chi connectivity index (χ2v) is 7.47. The van der Waals surface area contributed by atoms with Crippen LogP contribution in [0.4, 0.5) is 29.5 Å². The van der Waals surface area contributed by atoms with Gasteiger partial charge in [0.25, 0.3) is 0 Å². The van der Waals surface area contributed by atoms with Gasteiger partial charge in [-0.1, -0.05) is 12.1 Å². The summed E-state index contributed by atoms with van der Waals surface area (Å²) in [5, 5.41) is 9.14. The van der Waals surface area contributed by atoms with Crippen LogP contribution in [0.15, 0.2) is 42.6 Å². The molecule has 2 fully saturated rings. The SMILES string of the molecule is O=C1O[C@@H](CO)CN1c1ccc(N2CCC(Oc3ccccc3C(F)(F)F)CC2)nc1. The first kappa shape index (κ1) is 21.2. The average molecular weight is 437 g/mol. The molecule has 0 bridgehead atoms. The fourth-order valence-corrected chi connectivity index (χ4v) is 3.74. The van der Waals surface area contributed by atoms with Crippen LogP contribution in [-0.2, 0) is 10.9 Å². The highest BCUT2D eigenvalue weighted by atomic mass is 19.4. The minimum Gasteiger partial charge on any atom is -0.490 e. The third kappa shape index (κ3) is 4.68. The molecule has 2 aliphatic rings. The summed E-state index contributed by atoms with van der Waals surface area (Å²) in [5.74, 6) is 0.568. The number of ether oxygens (including phenoxy) is 2. The molecule has 1 amide bonds. The molecule has 2 aromatic rings. The second-order valence-electron chi connectivity index (χ2n) is 7.47. The molecule has 0 spiro atoms. The molecule has 2 saturated heterocycles. The fourth-order valence-electron chi connectivity index (χ4n) is 3.74. The van der Waals surface area contributed by atoms with Crippen molar-refractivity contribution in [1.82, 2.24) is 4.98 Å². The van der Waals surface area contributed by atoms with Gasteiger partial charge in [-0.25, -0.2) is 9.78 Å². The van der Waals surface area contributed by atoms with E-state index in [1.165, 1.54) is 23.1 Å². The molecule has 1 N–H and O–H groups in total. The number of piperidine rings is 1. The lowest BCUT2D eigenvalue weighted by Gasteiger charge is -2.33. The summed E-state index contributed by atoms with van der Waals surface area (Å²) in [4.78, 5) is 19.7. The zero-order valence-electron chi connectivity index (χ0n) is 16.6. The third-order valence-electron chi connectivity index (χ3n) is 5.37. The number of anilines is 2. The number of para-hydroxylation sites is 1. The lowest BCUT2D eigenvalue weighted by Crippen LogP contribution is -2.39. The molecule has 1 atom stereocenters. The zero-order valence-corrected chi connectivity index (χ0v) is 16.6. The summed E-state index contributed by atoms with van der Waals surface area (Å²) in [7, 11) is 0. The summed E-state index contributed by atoms with van der Waals surface area (Å²) in [6, 6.07) is 8.79. The predicted octanol–water partition coefficient (Wildman–Crippen LogP) is 3.47. The number of hydrogen-bond acceptors (Lipinski definition) is 6. The summed E-state index contributed by atoms with van der Waals surface area (Å²) in [6.45, 7) is 1.20. The van der Waals surface area contributed by atoms with Gasteiger partial charge in [0.05, 0.1) is 30.6 Å². The van der Waals surface area contributed by atoms with Crippen LogP contribution < -0.4 is 14.5 Å². The van der Waals surface area contributed by atoms with Crippen molar-refractivity contribution in [2.75, 3.05) is 36.0 Å². The Morgan fingerprint density at radius 1 is 1.16 bits per heavy atom. The minimum absolute atomic E-state index is 0.144. The Morgan fingerprint density at radius 3 is 2.52 bits per heavy atom. The minimum atomic E-state index is -4.46. The highest BCUT2D eigenvalue weighted by Gasteiger charge is 2.35. The molecule has 4 rings (SSSR count). The number of benzene rings is 1. The number of alkyl halides is 3. The van der Waals surface area contributed by atoms with E-state index in [0.717, 1.165) is 6.07 Å². The third-order valence-corrected chi connectivity index (χ3v) is 5.37. The number of aliphatic hydroxyl groups excluding tert-OH is 1. The van der Waals surface area contributed by atoms with Crippen molar-refractivity contribution < 1.29 is 32.5 Å². The maximum absolute atomic E-state index is 13.2. The van der Waals surface area contributed by atoms with E-state index in [-0.39, 0.29) is 25.0 Å². The average Bonchev–Trinajstić information content (AvgIpc) is 3.15. The number of cyclic esters (lactones) is 1. The van der Waals surface area contributed by atoms with Gasteiger partial charge in [0.15, 0.2) is 0 Å². The lowest BCUT2D eigenvalue weighted by molar-refractivity contribution is -0.139. The Hall–Kier alpha value is -3.01. The van der Waals surface area contributed by atoms with Crippen molar-refractivity contribution in [1.29, 1.82) is 0 Å². The van der Waals surface area contributed by atoms with Gasteiger partial charge in [0.1, 0.15) is 23.8 Å². The molecular weight excluding hydrogens is 415 g/mol. The van der Waals surface area contributed by atoms with Crippen LogP contribution in [0.1, 0.15) is 18.4 Å². The Bertz CT molecular complexity index is 915. The maximum atomic E-state index is 13.2. The number of aliphatic hydroxyl groups is 1. The molecule has 0 aliphatic carbocycles. The summed E-state index contributed by atoms with van der Waals surface area (Å²) >= 11 is 0. The predicted molar refractivity (Wildman–Crippen MR) is 106 cm³/mol. The van der Waals surface area contributed by atoms with E-state index in [1.807, 2.05) is 4.90 Å². The first-order chi connectivity index (χ1) is 14.8. The van der Waals surface area contributed by atoms with Crippen LogP contribution in [0.5, 0.6) is 5.75 Å². The number of amides is 1. The summed E-state index contributed by atoms with van der Waals surface area (Å²) in [6.07, 6.45) is -3.15. The van der Waals surface area contributed by atoms with Crippen LogP contribution in [0.3, 0.4) is 0 Å². The van der Waals surface area contributed by atoms with Crippen molar-refractivity contribution in [3.8, 4) is 5.75 Å². The van der Waals surface area contributed by atoms with E-state index < -0.39 is 23.9 Å². The Balaban J connectivity index is 1.35. The van der Waals surface area contributed by atoms with Crippen molar-refractivity contribution in [2.24, 2.45) is 0 Å². The monoisotopic (exact) mass is 437 g/mol. The van der Waals surface area contributed by atoms with Gasteiger partial charge < -0.3 is 19.5 Å². The highest BCUT2D eigenvalue weighted by Crippen LogP contribution is 2.37. The fraction of sp³-hybridized carbons (Fsp3) is 0.429. The van der Waals surface area contributed by atoms with E-state index in [0.29, 0.717) is 37.4 Å². The molecule has 2 aliphatic heterocycles. The standard InChI is InChI=1S/C21H22F3N3O4/c22-21(23,24)17-3-1-2-4-18(17)30-15-7-9-26(10-8-15)19-6-5-14(11-25-19)27-12-16(13-28)31-20(27)29/h1-6,11,15-16,28H,7-10,12-13H2/t16-/m1/s1. The molecular formula is C21H22F3N3O4. The van der Waals surface area contributed by atoms with Gasteiger partial charge in [-0.05, 0) is 24.3 Å². The normalized spacial score (nSPS) is 20.1. The van der Waals surface area contributed by atoms with Crippen molar-refractivity contribution in [2.45, 2.75) is 31.2 Å². The van der Waals surface area contributed by atoms with E-state index in [4.69, 9.17) is 14.6 Å².